The van der Waals surface area contributed by atoms with Crippen LogP contribution in [-0.4, -0.2) is 24.8 Å². The highest BCUT2D eigenvalue weighted by atomic mass is 16.5. The molecule has 0 saturated carbocycles. The maximum atomic E-state index is 11.4. The second-order valence-corrected chi connectivity index (χ2v) is 4.05. The standard InChI is InChI=1S/C14H19NO2/c1-4-17-14(16)13-7-5-12(6-8-13)9-10-15-11(2)3/h5-8,10-11H,4,9H2,1-3H3. The van der Waals surface area contributed by atoms with Crippen molar-refractivity contribution in [3.63, 3.8) is 0 Å². The summed E-state index contributed by atoms with van der Waals surface area (Å²) < 4.78 is 4.92. The Balaban J connectivity index is 2.59. The zero-order valence-electron chi connectivity index (χ0n) is 10.6. The number of rotatable bonds is 5. The predicted octanol–water partition coefficient (Wildman–Crippen LogP) is 2.89. The van der Waals surface area contributed by atoms with E-state index in [1.807, 2.05) is 32.2 Å². The molecule has 0 aliphatic rings. The van der Waals surface area contributed by atoms with E-state index in [0.717, 1.165) is 12.0 Å². The normalized spacial score (nSPS) is 11.1. The van der Waals surface area contributed by atoms with Gasteiger partial charge in [-0.3, -0.25) is 4.99 Å². The highest BCUT2D eigenvalue weighted by Crippen LogP contribution is 2.06. The Kier molecular flexibility index (Phi) is 5.40. The van der Waals surface area contributed by atoms with Gasteiger partial charge in [-0.2, -0.15) is 0 Å². The number of benzene rings is 1. The second-order valence-electron chi connectivity index (χ2n) is 4.05. The zero-order valence-corrected chi connectivity index (χ0v) is 10.6. The van der Waals surface area contributed by atoms with Crippen molar-refractivity contribution in [2.45, 2.75) is 33.2 Å². The number of carbonyl (C=O) groups is 1. The zero-order chi connectivity index (χ0) is 12.7. The third-order valence-corrected chi connectivity index (χ3v) is 2.20. The molecule has 0 heterocycles. The molecule has 0 N–H and O–H groups in total. The molecule has 0 aliphatic carbocycles. The molecule has 0 spiro atoms. The minimum atomic E-state index is -0.269. The smallest absolute Gasteiger partial charge is 0.338 e. The molecule has 0 saturated heterocycles. The van der Waals surface area contributed by atoms with Gasteiger partial charge in [-0.15, -0.1) is 0 Å². The summed E-state index contributed by atoms with van der Waals surface area (Å²) in [5.41, 5.74) is 1.74. The summed E-state index contributed by atoms with van der Waals surface area (Å²) in [6, 6.07) is 7.76. The Labute approximate surface area is 103 Å². The van der Waals surface area contributed by atoms with E-state index in [-0.39, 0.29) is 5.97 Å². The van der Waals surface area contributed by atoms with Crippen LogP contribution >= 0.6 is 0 Å². The fourth-order valence-corrected chi connectivity index (χ4v) is 1.36. The molecular formula is C14H19NO2. The summed E-state index contributed by atoms with van der Waals surface area (Å²) >= 11 is 0. The lowest BCUT2D eigenvalue weighted by atomic mass is 10.1. The van der Waals surface area contributed by atoms with Gasteiger partial charge in [-0.1, -0.05) is 12.1 Å². The van der Waals surface area contributed by atoms with Crippen LogP contribution in [0.4, 0.5) is 0 Å². The van der Waals surface area contributed by atoms with Crippen molar-refractivity contribution in [3.05, 3.63) is 35.4 Å². The summed E-state index contributed by atoms with van der Waals surface area (Å²) in [6.45, 7) is 6.29. The van der Waals surface area contributed by atoms with E-state index < -0.39 is 0 Å². The van der Waals surface area contributed by atoms with Crippen molar-refractivity contribution >= 4 is 12.2 Å². The van der Waals surface area contributed by atoms with Crippen molar-refractivity contribution in [2.24, 2.45) is 4.99 Å². The molecule has 1 aromatic rings. The van der Waals surface area contributed by atoms with Crippen LogP contribution in [0.15, 0.2) is 29.3 Å². The minimum absolute atomic E-state index is 0.269. The van der Waals surface area contributed by atoms with Crippen molar-refractivity contribution in [2.75, 3.05) is 6.61 Å². The van der Waals surface area contributed by atoms with Crippen molar-refractivity contribution in [3.8, 4) is 0 Å². The number of nitrogens with zero attached hydrogens (tertiary/aromatic N) is 1. The monoisotopic (exact) mass is 233 g/mol. The Morgan fingerprint density at radius 1 is 1.35 bits per heavy atom. The van der Waals surface area contributed by atoms with Gasteiger partial charge in [0, 0.05) is 18.7 Å². The Hall–Kier alpha value is -1.64. The molecule has 0 aliphatic heterocycles. The van der Waals surface area contributed by atoms with Crippen molar-refractivity contribution in [1.82, 2.24) is 0 Å². The Morgan fingerprint density at radius 3 is 2.53 bits per heavy atom. The van der Waals surface area contributed by atoms with Gasteiger partial charge in [-0.05, 0) is 38.5 Å². The van der Waals surface area contributed by atoms with E-state index in [0.29, 0.717) is 18.2 Å². The fourth-order valence-electron chi connectivity index (χ4n) is 1.36. The lowest BCUT2D eigenvalue weighted by molar-refractivity contribution is 0.0526. The molecule has 1 rings (SSSR count). The van der Waals surface area contributed by atoms with E-state index in [9.17, 15) is 4.79 Å². The summed E-state index contributed by atoms with van der Waals surface area (Å²) in [5, 5.41) is 0. The molecule has 0 unspecified atom stereocenters. The second kappa shape index (κ2) is 6.84. The SMILES string of the molecule is CCOC(=O)c1ccc(CC=NC(C)C)cc1. The fraction of sp³-hybridized carbons (Fsp3) is 0.429. The van der Waals surface area contributed by atoms with Crippen LogP contribution in [0.25, 0.3) is 0 Å². The maximum absolute atomic E-state index is 11.4. The molecule has 17 heavy (non-hydrogen) atoms. The largest absolute Gasteiger partial charge is 0.462 e. The van der Waals surface area contributed by atoms with Crippen LogP contribution in [0.2, 0.25) is 0 Å². The molecule has 92 valence electrons. The maximum Gasteiger partial charge on any atom is 0.338 e. The number of ether oxygens (including phenoxy) is 1. The minimum Gasteiger partial charge on any atom is -0.462 e. The number of aliphatic imine (C=N–C) groups is 1. The molecule has 0 aromatic heterocycles. The highest BCUT2D eigenvalue weighted by Gasteiger charge is 2.04. The van der Waals surface area contributed by atoms with E-state index in [1.54, 1.807) is 19.1 Å². The molecule has 0 amide bonds. The molecule has 0 fully saturated rings. The molecule has 0 atom stereocenters. The lowest BCUT2D eigenvalue weighted by Crippen LogP contribution is -2.04. The van der Waals surface area contributed by atoms with Gasteiger partial charge in [0.15, 0.2) is 0 Å². The van der Waals surface area contributed by atoms with Gasteiger partial charge in [0.25, 0.3) is 0 Å². The number of esters is 1. The third kappa shape index (κ3) is 4.81. The van der Waals surface area contributed by atoms with Crippen molar-refractivity contribution < 1.29 is 9.53 Å². The van der Waals surface area contributed by atoms with Crippen LogP contribution in [0, 0.1) is 0 Å². The highest BCUT2D eigenvalue weighted by molar-refractivity contribution is 5.89. The third-order valence-electron chi connectivity index (χ3n) is 2.20. The first kappa shape index (κ1) is 13.4. The summed E-state index contributed by atoms with van der Waals surface area (Å²) in [4.78, 5) is 15.7. The molecular weight excluding hydrogens is 214 g/mol. The first-order chi connectivity index (χ1) is 8.13. The molecule has 1 aromatic carbocycles. The van der Waals surface area contributed by atoms with Gasteiger partial charge in [-0.25, -0.2) is 4.79 Å². The number of hydrogen-bond acceptors (Lipinski definition) is 3. The van der Waals surface area contributed by atoms with Crippen LogP contribution in [-0.2, 0) is 11.2 Å². The van der Waals surface area contributed by atoms with Crippen LogP contribution < -0.4 is 0 Å². The van der Waals surface area contributed by atoms with Crippen LogP contribution in [0.1, 0.15) is 36.7 Å². The first-order valence-electron chi connectivity index (χ1n) is 5.91. The Morgan fingerprint density at radius 2 is 2.00 bits per heavy atom. The van der Waals surface area contributed by atoms with Gasteiger partial charge in [0.05, 0.1) is 12.2 Å². The predicted molar refractivity (Wildman–Crippen MR) is 69.7 cm³/mol. The van der Waals surface area contributed by atoms with E-state index >= 15 is 0 Å². The van der Waals surface area contributed by atoms with Gasteiger partial charge in [0.1, 0.15) is 0 Å². The average molecular weight is 233 g/mol. The summed E-state index contributed by atoms with van der Waals surface area (Å²) in [7, 11) is 0. The quantitative estimate of drug-likeness (QED) is 0.579. The topological polar surface area (TPSA) is 38.7 Å². The molecule has 0 bridgehead atoms. The van der Waals surface area contributed by atoms with Crippen LogP contribution in [0.5, 0.6) is 0 Å². The lowest BCUT2D eigenvalue weighted by Gasteiger charge is -2.02. The number of hydrogen-bond donors (Lipinski definition) is 0. The summed E-state index contributed by atoms with van der Waals surface area (Å²) in [6.07, 6.45) is 2.70. The van der Waals surface area contributed by atoms with E-state index in [2.05, 4.69) is 4.99 Å². The average Bonchev–Trinajstić information content (AvgIpc) is 2.30. The Bertz CT molecular complexity index is 380. The first-order valence-corrected chi connectivity index (χ1v) is 5.91. The summed E-state index contributed by atoms with van der Waals surface area (Å²) in [5.74, 6) is -0.269. The number of carbonyl (C=O) groups excluding carboxylic acids is 1. The molecule has 0 radical (unpaired) electrons. The van der Waals surface area contributed by atoms with Gasteiger partial charge in [0.2, 0.25) is 0 Å². The van der Waals surface area contributed by atoms with E-state index in [1.165, 1.54) is 0 Å². The van der Waals surface area contributed by atoms with Gasteiger partial charge < -0.3 is 4.74 Å². The molecule has 3 nitrogen and oxygen atoms in total. The van der Waals surface area contributed by atoms with E-state index in [4.69, 9.17) is 4.74 Å². The van der Waals surface area contributed by atoms with Gasteiger partial charge >= 0.3 is 5.97 Å². The van der Waals surface area contributed by atoms with Crippen molar-refractivity contribution in [1.29, 1.82) is 0 Å². The molecule has 3 heteroatoms. The van der Waals surface area contributed by atoms with Crippen LogP contribution in [0.3, 0.4) is 0 Å².